The molecule has 0 fully saturated rings. The number of carbonyl (C=O) groups is 1. The second kappa shape index (κ2) is 10.8. The van der Waals surface area contributed by atoms with Gasteiger partial charge in [0.2, 0.25) is 0 Å². The van der Waals surface area contributed by atoms with Crippen LogP contribution in [0.5, 0.6) is 0 Å². The van der Waals surface area contributed by atoms with Crippen molar-refractivity contribution in [1.29, 1.82) is 0 Å². The van der Waals surface area contributed by atoms with E-state index < -0.39 is 6.10 Å². The molecule has 0 saturated heterocycles. The molecule has 0 aliphatic carbocycles. The Morgan fingerprint density at radius 2 is 1.78 bits per heavy atom. The summed E-state index contributed by atoms with van der Waals surface area (Å²) in [5, 5.41) is 16.4. The summed E-state index contributed by atoms with van der Waals surface area (Å²) in [5.74, 6) is -0.0220. The Balaban J connectivity index is 1.21. The molecule has 2 aromatic heterocycles. The normalized spacial score (nSPS) is 12.6. The van der Waals surface area contributed by atoms with Crippen molar-refractivity contribution in [2.75, 3.05) is 13.1 Å². The predicted molar refractivity (Wildman–Crippen MR) is 147 cm³/mol. The number of nitrogens with zero attached hydrogens (tertiary/aromatic N) is 1. The highest BCUT2D eigenvalue weighted by atomic mass is 16.3. The van der Waals surface area contributed by atoms with E-state index in [2.05, 4.69) is 39.3 Å². The van der Waals surface area contributed by atoms with Gasteiger partial charge in [-0.1, -0.05) is 66.2 Å². The maximum absolute atomic E-state index is 12.6. The van der Waals surface area contributed by atoms with Crippen LogP contribution in [0.2, 0.25) is 0 Å². The van der Waals surface area contributed by atoms with Crippen molar-refractivity contribution < 1.29 is 9.90 Å². The minimum atomic E-state index is -0.533. The number of aromatic amines is 1. The summed E-state index contributed by atoms with van der Waals surface area (Å²) in [6, 6.07) is 24.0. The molecule has 2 heterocycles. The van der Waals surface area contributed by atoms with E-state index in [1.54, 1.807) is 6.08 Å². The highest BCUT2D eigenvalue weighted by molar-refractivity contribution is 6.07. The Morgan fingerprint density at radius 1 is 1.03 bits per heavy atom. The van der Waals surface area contributed by atoms with E-state index in [4.69, 9.17) is 0 Å². The third kappa shape index (κ3) is 5.33. The van der Waals surface area contributed by atoms with E-state index in [0.717, 1.165) is 40.5 Å². The van der Waals surface area contributed by atoms with Crippen LogP contribution in [0, 0.1) is 6.92 Å². The van der Waals surface area contributed by atoms with Crippen molar-refractivity contribution in [3.05, 3.63) is 114 Å². The van der Waals surface area contributed by atoms with Gasteiger partial charge in [0.05, 0.1) is 6.10 Å². The molecular weight excluding hydrogens is 446 g/mol. The molecular formula is C31H31N3O2. The number of H-pyrrole nitrogens is 1. The van der Waals surface area contributed by atoms with Crippen molar-refractivity contribution >= 4 is 33.7 Å². The molecule has 5 rings (SSSR count). The number of hydrogen-bond acceptors (Lipinski definition) is 3. The molecule has 0 spiro atoms. The van der Waals surface area contributed by atoms with Crippen molar-refractivity contribution in [1.82, 2.24) is 14.9 Å². The second-order valence-corrected chi connectivity index (χ2v) is 9.29. The molecule has 0 unspecified atom stereocenters. The summed E-state index contributed by atoms with van der Waals surface area (Å²) in [4.78, 5) is 15.9. The number of aromatic nitrogens is 2. The number of fused-ring (bicyclic) bond motifs is 2. The number of benzene rings is 3. The lowest BCUT2D eigenvalue weighted by Crippen LogP contribution is -2.31. The fourth-order valence-corrected chi connectivity index (χ4v) is 4.66. The number of ketones is 1. The van der Waals surface area contributed by atoms with Gasteiger partial charge in [-0.15, -0.1) is 0 Å². The Morgan fingerprint density at radius 3 is 2.61 bits per heavy atom. The predicted octanol–water partition coefficient (Wildman–Crippen LogP) is 5.52. The standard InChI is InChI=1S/C31H31N3O2/c1-22-10-12-23(13-11-22)31(36)15-14-25-20-34(30-9-5-3-7-28(25)30)21-26(35)19-32-17-16-24-18-33-29-8-4-2-6-27(24)29/h2-15,18,20,26,32-33,35H,16-17,19,21H2,1H3/b15-14+/t26-/m1/s1. The number of allylic oxidation sites excluding steroid dienone is 1. The molecule has 0 aliphatic heterocycles. The lowest BCUT2D eigenvalue weighted by Gasteiger charge is -2.13. The van der Waals surface area contributed by atoms with Gasteiger partial charge in [0.1, 0.15) is 0 Å². The molecule has 5 heteroatoms. The number of aryl methyl sites for hydroxylation is 1. The SMILES string of the molecule is Cc1ccc(C(=O)/C=C/c2cn(C[C@H](O)CNCCc3c[nH]c4ccccc34)c3ccccc23)cc1. The van der Waals surface area contributed by atoms with Gasteiger partial charge in [0.25, 0.3) is 0 Å². The summed E-state index contributed by atoms with van der Waals surface area (Å²) >= 11 is 0. The fraction of sp³-hybridized carbons (Fsp3) is 0.194. The Labute approximate surface area is 211 Å². The first kappa shape index (κ1) is 23.8. The van der Waals surface area contributed by atoms with Crippen molar-refractivity contribution in [3.8, 4) is 0 Å². The first-order valence-electron chi connectivity index (χ1n) is 12.4. The van der Waals surface area contributed by atoms with Crippen LogP contribution >= 0.6 is 0 Å². The molecule has 5 nitrogen and oxygen atoms in total. The number of aliphatic hydroxyl groups excluding tert-OH is 1. The van der Waals surface area contributed by atoms with Crippen LogP contribution in [0.1, 0.15) is 27.0 Å². The molecule has 182 valence electrons. The van der Waals surface area contributed by atoms with Crippen molar-refractivity contribution in [2.24, 2.45) is 0 Å². The Hall–Kier alpha value is -3.93. The fourth-order valence-electron chi connectivity index (χ4n) is 4.66. The Bertz CT molecular complexity index is 1510. The number of para-hydroxylation sites is 2. The van der Waals surface area contributed by atoms with Crippen LogP contribution in [0.15, 0.2) is 91.3 Å². The summed E-state index contributed by atoms with van der Waals surface area (Å²) in [5.41, 5.74) is 6.24. The average Bonchev–Trinajstić information content (AvgIpc) is 3.47. The highest BCUT2D eigenvalue weighted by Crippen LogP contribution is 2.23. The molecule has 3 aromatic carbocycles. The number of rotatable bonds is 10. The highest BCUT2D eigenvalue weighted by Gasteiger charge is 2.11. The van der Waals surface area contributed by atoms with Gasteiger partial charge in [0.15, 0.2) is 5.78 Å². The number of hydrogen-bond donors (Lipinski definition) is 3. The maximum atomic E-state index is 12.6. The van der Waals surface area contributed by atoms with Gasteiger partial charge in [-0.25, -0.2) is 0 Å². The zero-order valence-electron chi connectivity index (χ0n) is 20.4. The van der Waals surface area contributed by atoms with Crippen LogP contribution in [0.4, 0.5) is 0 Å². The largest absolute Gasteiger partial charge is 0.390 e. The van der Waals surface area contributed by atoms with Crippen LogP contribution in [0.25, 0.3) is 27.9 Å². The van der Waals surface area contributed by atoms with Gasteiger partial charge in [-0.3, -0.25) is 4.79 Å². The molecule has 0 bridgehead atoms. The number of aliphatic hydroxyl groups is 1. The minimum absolute atomic E-state index is 0.0220. The van der Waals surface area contributed by atoms with Gasteiger partial charge >= 0.3 is 0 Å². The first-order valence-corrected chi connectivity index (χ1v) is 12.4. The van der Waals surface area contributed by atoms with Crippen LogP contribution in [0.3, 0.4) is 0 Å². The Kier molecular flexibility index (Phi) is 7.12. The molecule has 5 aromatic rings. The van der Waals surface area contributed by atoms with Gasteiger partial charge in [-0.05, 0) is 49.7 Å². The number of carbonyl (C=O) groups excluding carboxylic acids is 1. The smallest absolute Gasteiger partial charge is 0.185 e. The molecule has 0 saturated carbocycles. The first-order chi connectivity index (χ1) is 17.6. The zero-order valence-corrected chi connectivity index (χ0v) is 20.4. The molecule has 0 radical (unpaired) electrons. The third-order valence-electron chi connectivity index (χ3n) is 6.60. The van der Waals surface area contributed by atoms with E-state index in [9.17, 15) is 9.90 Å². The monoisotopic (exact) mass is 477 g/mol. The number of nitrogens with one attached hydrogen (secondary N) is 2. The maximum Gasteiger partial charge on any atom is 0.185 e. The van der Waals surface area contributed by atoms with E-state index in [1.165, 1.54) is 10.9 Å². The summed E-state index contributed by atoms with van der Waals surface area (Å²) in [6.07, 6.45) is 7.93. The van der Waals surface area contributed by atoms with Crippen LogP contribution < -0.4 is 5.32 Å². The van der Waals surface area contributed by atoms with Crippen LogP contribution in [-0.4, -0.2) is 39.6 Å². The quantitative estimate of drug-likeness (QED) is 0.141. The van der Waals surface area contributed by atoms with E-state index in [-0.39, 0.29) is 5.78 Å². The second-order valence-electron chi connectivity index (χ2n) is 9.29. The average molecular weight is 478 g/mol. The van der Waals surface area contributed by atoms with Gasteiger partial charge < -0.3 is 20.0 Å². The summed E-state index contributed by atoms with van der Waals surface area (Å²) in [7, 11) is 0. The van der Waals surface area contributed by atoms with Crippen molar-refractivity contribution in [3.63, 3.8) is 0 Å². The molecule has 36 heavy (non-hydrogen) atoms. The van der Waals surface area contributed by atoms with Gasteiger partial charge in [0, 0.05) is 58.4 Å². The van der Waals surface area contributed by atoms with E-state index in [1.807, 2.05) is 73.8 Å². The van der Waals surface area contributed by atoms with Crippen LogP contribution in [-0.2, 0) is 13.0 Å². The molecule has 0 amide bonds. The molecule has 3 N–H and O–H groups in total. The molecule has 1 atom stereocenters. The minimum Gasteiger partial charge on any atom is -0.390 e. The molecule has 0 aliphatic rings. The zero-order chi connectivity index (χ0) is 24.9. The summed E-state index contributed by atoms with van der Waals surface area (Å²) < 4.78 is 2.07. The van der Waals surface area contributed by atoms with Crippen molar-refractivity contribution in [2.45, 2.75) is 26.0 Å². The third-order valence-corrected chi connectivity index (χ3v) is 6.60. The lowest BCUT2D eigenvalue weighted by atomic mass is 10.1. The summed E-state index contributed by atoms with van der Waals surface area (Å²) in [6.45, 7) is 3.78. The van der Waals surface area contributed by atoms with E-state index >= 15 is 0 Å². The topological polar surface area (TPSA) is 70.1 Å². The van der Waals surface area contributed by atoms with Gasteiger partial charge in [-0.2, -0.15) is 0 Å². The lowest BCUT2D eigenvalue weighted by molar-refractivity contribution is 0.104. The van der Waals surface area contributed by atoms with E-state index in [0.29, 0.717) is 18.7 Å².